The summed E-state index contributed by atoms with van der Waals surface area (Å²) in [6.07, 6.45) is 3.25. The van der Waals surface area contributed by atoms with E-state index in [0.29, 0.717) is 18.1 Å². The number of ether oxygens (including phenoxy) is 2. The lowest BCUT2D eigenvalue weighted by molar-refractivity contribution is 0.197. The predicted octanol–water partition coefficient (Wildman–Crippen LogP) is 1.73. The maximum absolute atomic E-state index is 5.81. The minimum absolute atomic E-state index is 0.194. The molecule has 2 aliphatic heterocycles. The van der Waals surface area contributed by atoms with Crippen molar-refractivity contribution < 1.29 is 9.47 Å². The van der Waals surface area contributed by atoms with Crippen molar-refractivity contribution in [2.75, 3.05) is 0 Å². The van der Waals surface area contributed by atoms with Gasteiger partial charge in [-0.3, -0.25) is 0 Å². The smallest absolute Gasteiger partial charge is 0.0997 e. The second kappa shape index (κ2) is 1.73. The zero-order valence-corrected chi connectivity index (χ0v) is 7.96. The van der Waals surface area contributed by atoms with Gasteiger partial charge in [-0.2, -0.15) is 0 Å². The normalized spacial score (nSPS) is 61.0. The highest BCUT2D eigenvalue weighted by Crippen LogP contribution is 2.62. The van der Waals surface area contributed by atoms with E-state index in [0.717, 1.165) is 12.8 Å². The Morgan fingerprint density at radius 2 is 1.92 bits per heavy atom. The highest BCUT2D eigenvalue weighted by molar-refractivity contribution is 5.20. The van der Waals surface area contributed by atoms with Gasteiger partial charge < -0.3 is 9.47 Å². The van der Waals surface area contributed by atoms with Gasteiger partial charge in [-0.15, -0.1) is 0 Å². The zero-order valence-electron chi connectivity index (χ0n) is 7.96. The Balaban J connectivity index is 1.82. The van der Waals surface area contributed by atoms with Gasteiger partial charge in [-0.25, -0.2) is 0 Å². The fourth-order valence-electron chi connectivity index (χ4n) is 2.75. The molecular formula is C10H16O2. The van der Waals surface area contributed by atoms with E-state index in [1.54, 1.807) is 0 Å². The molecule has 0 N–H and O–H groups in total. The molecule has 0 bridgehead atoms. The molecule has 68 valence electrons. The molecule has 2 saturated heterocycles. The van der Waals surface area contributed by atoms with Crippen LogP contribution in [0.1, 0.15) is 33.6 Å². The molecule has 4 atom stereocenters. The highest BCUT2D eigenvalue weighted by Gasteiger charge is 2.72. The summed E-state index contributed by atoms with van der Waals surface area (Å²) < 4.78 is 11.5. The average Bonchev–Trinajstić information content (AvgIpc) is 2.74. The van der Waals surface area contributed by atoms with E-state index in [2.05, 4.69) is 20.8 Å². The van der Waals surface area contributed by atoms with E-state index in [9.17, 15) is 0 Å². The van der Waals surface area contributed by atoms with E-state index in [1.165, 1.54) is 0 Å². The first-order valence-corrected chi connectivity index (χ1v) is 4.92. The van der Waals surface area contributed by atoms with Gasteiger partial charge >= 0.3 is 0 Å². The van der Waals surface area contributed by atoms with E-state index >= 15 is 0 Å². The Bertz CT molecular complexity index is 238. The van der Waals surface area contributed by atoms with Gasteiger partial charge in [0.2, 0.25) is 0 Å². The van der Waals surface area contributed by atoms with Crippen molar-refractivity contribution >= 4 is 0 Å². The molecule has 12 heavy (non-hydrogen) atoms. The van der Waals surface area contributed by atoms with Crippen molar-refractivity contribution in [3.05, 3.63) is 0 Å². The summed E-state index contributed by atoms with van der Waals surface area (Å²) in [5.41, 5.74) is 0.403. The predicted molar refractivity (Wildman–Crippen MR) is 45.0 cm³/mol. The average molecular weight is 168 g/mol. The third-order valence-corrected chi connectivity index (χ3v) is 3.96. The van der Waals surface area contributed by atoms with Gasteiger partial charge in [0.05, 0.1) is 23.4 Å². The molecule has 3 fully saturated rings. The Morgan fingerprint density at radius 3 is 2.58 bits per heavy atom. The van der Waals surface area contributed by atoms with Crippen molar-refractivity contribution in [2.45, 2.75) is 57.0 Å². The molecule has 1 aliphatic carbocycles. The molecule has 0 unspecified atom stereocenters. The van der Waals surface area contributed by atoms with Gasteiger partial charge in [-0.05, 0) is 12.8 Å². The number of fused-ring (bicyclic) bond motifs is 2. The van der Waals surface area contributed by atoms with Crippen LogP contribution in [-0.2, 0) is 9.47 Å². The van der Waals surface area contributed by atoms with Crippen molar-refractivity contribution in [1.29, 1.82) is 0 Å². The summed E-state index contributed by atoms with van der Waals surface area (Å²) in [5, 5.41) is 0. The van der Waals surface area contributed by atoms with E-state index < -0.39 is 0 Å². The molecule has 2 heterocycles. The van der Waals surface area contributed by atoms with Gasteiger partial charge in [0.1, 0.15) is 0 Å². The fourth-order valence-corrected chi connectivity index (χ4v) is 2.75. The van der Waals surface area contributed by atoms with E-state index in [4.69, 9.17) is 9.47 Å². The van der Waals surface area contributed by atoms with Crippen LogP contribution in [0.3, 0.4) is 0 Å². The van der Waals surface area contributed by atoms with Crippen LogP contribution in [0.2, 0.25) is 0 Å². The Morgan fingerprint density at radius 1 is 1.17 bits per heavy atom. The molecule has 0 aromatic rings. The summed E-state index contributed by atoms with van der Waals surface area (Å²) in [6, 6.07) is 0. The monoisotopic (exact) mass is 168 g/mol. The van der Waals surface area contributed by atoms with Gasteiger partial charge in [0.25, 0.3) is 0 Å². The Hall–Kier alpha value is -0.0800. The zero-order chi connectivity index (χ0) is 8.56. The van der Waals surface area contributed by atoms with Crippen LogP contribution < -0.4 is 0 Å². The lowest BCUT2D eigenvalue weighted by atomic mass is 9.77. The van der Waals surface area contributed by atoms with Crippen molar-refractivity contribution in [3.63, 3.8) is 0 Å². The van der Waals surface area contributed by atoms with E-state index in [-0.39, 0.29) is 11.2 Å². The van der Waals surface area contributed by atoms with Crippen molar-refractivity contribution in [3.8, 4) is 0 Å². The maximum atomic E-state index is 5.81. The third-order valence-electron chi connectivity index (χ3n) is 3.96. The third kappa shape index (κ3) is 0.686. The summed E-state index contributed by atoms with van der Waals surface area (Å²) in [5.74, 6) is 0.649. The second-order valence-corrected chi connectivity index (χ2v) is 5.04. The quantitative estimate of drug-likeness (QED) is 0.557. The lowest BCUT2D eigenvalue weighted by Gasteiger charge is -2.20. The van der Waals surface area contributed by atoms with E-state index in [1.807, 2.05) is 0 Å². The first-order chi connectivity index (χ1) is 5.57. The molecule has 3 aliphatic rings. The molecule has 0 radical (unpaired) electrons. The number of hydrogen-bond donors (Lipinski definition) is 0. The summed E-state index contributed by atoms with van der Waals surface area (Å²) >= 11 is 0. The first kappa shape index (κ1) is 7.34. The van der Waals surface area contributed by atoms with Crippen LogP contribution in [-0.4, -0.2) is 23.4 Å². The summed E-state index contributed by atoms with van der Waals surface area (Å²) in [6.45, 7) is 6.72. The first-order valence-electron chi connectivity index (χ1n) is 4.92. The molecule has 0 spiro atoms. The maximum Gasteiger partial charge on any atom is 0.0997 e. The highest BCUT2D eigenvalue weighted by atomic mass is 16.6. The Kier molecular flexibility index (Phi) is 1.06. The molecule has 1 saturated carbocycles. The van der Waals surface area contributed by atoms with Crippen molar-refractivity contribution in [1.82, 2.24) is 0 Å². The fraction of sp³-hybridized carbons (Fsp3) is 1.00. The van der Waals surface area contributed by atoms with Gasteiger partial charge in [0.15, 0.2) is 0 Å². The number of epoxide rings is 2. The lowest BCUT2D eigenvalue weighted by Crippen LogP contribution is -2.33. The van der Waals surface area contributed by atoms with Crippen LogP contribution in [0, 0.1) is 5.92 Å². The standard InChI is InChI=1S/C10H16O2/c1-6(2)10-5-7-9(3,11-7)4-8(10)12-10/h6-8H,4-5H2,1-3H3/t7-,8+,9+,10+/m0/s1. The van der Waals surface area contributed by atoms with Gasteiger partial charge in [-0.1, -0.05) is 13.8 Å². The van der Waals surface area contributed by atoms with Crippen LogP contribution >= 0.6 is 0 Å². The number of rotatable bonds is 1. The van der Waals surface area contributed by atoms with Crippen LogP contribution in [0.4, 0.5) is 0 Å². The van der Waals surface area contributed by atoms with Crippen LogP contribution in [0.15, 0.2) is 0 Å². The molecule has 0 aromatic carbocycles. The molecule has 2 heteroatoms. The summed E-state index contributed by atoms with van der Waals surface area (Å²) in [7, 11) is 0. The molecule has 3 rings (SSSR count). The minimum atomic E-state index is 0.194. The summed E-state index contributed by atoms with van der Waals surface area (Å²) in [4.78, 5) is 0. The molecule has 0 amide bonds. The molecule has 2 nitrogen and oxygen atoms in total. The van der Waals surface area contributed by atoms with Crippen molar-refractivity contribution in [2.24, 2.45) is 5.92 Å². The van der Waals surface area contributed by atoms with Crippen LogP contribution in [0.5, 0.6) is 0 Å². The topological polar surface area (TPSA) is 25.1 Å². The second-order valence-electron chi connectivity index (χ2n) is 5.04. The molecular weight excluding hydrogens is 152 g/mol. The number of hydrogen-bond acceptors (Lipinski definition) is 2. The SMILES string of the molecule is CC(C)[C@]12C[C@@H]3O[C@]3(C)C[C@H]1O2. The molecule has 0 aromatic heterocycles. The minimum Gasteiger partial charge on any atom is -0.366 e. The largest absolute Gasteiger partial charge is 0.366 e. The van der Waals surface area contributed by atoms with Crippen LogP contribution in [0.25, 0.3) is 0 Å². The van der Waals surface area contributed by atoms with Gasteiger partial charge in [0, 0.05) is 12.8 Å². The Labute approximate surface area is 73.2 Å².